The van der Waals surface area contributed by atoms with Crippen LogP contribution >= 0.6 is 11.6 Å². The highest BCUT2D eigenvalue weighted by molar-refractivity contribution is 7.92. The molecule has 0 saturated heterocycles. The van der Waals surface area contributed by atoms with Crippen molar-refractivity contribution in [3.8, 4) is 5.75 Å². The number of hydrogen-bond acceptors (Lipinski definition) is 5. The van der Waals surface area contributed by atoms with Crippen molar-refractivity contribution in [2.24, 2.45) is 0 Å². The normalized spacial score (nSPS) is 11.9. The fraction of sp³-hybridized carbons (Fsp3) is 0.286. The van der Waals surface area contributed by atoms with Crippen molar-refractivity contribution in [2.45, 2.75) is 25.9 Å². The van der Waals surface area contributed by atoms with E-state index in [4.69, 9.17) is 16.3 Å². The van der Waals surface area contributed by atoms with Gasteiger partial charge in [-0.2, -0.15) is 0 Å². The second kappa shape index (κ2) is 13.3. The largest absolute Gasteiger partial charge is 0.494 e. The summed E-state index contributed by atoms with van der Waals surface area (Å²) in [6.45, 7) is 1.92. The zero-order chi connectivity index (χ0) is 27.7. The Morgan fingerprint density at radius 3 is 2.13 bits per heavy atom. The smallest absolute Gasteiger partial charge is 0.244 e. The summed E-state index contributed by atoms with van der Waals surface area (Å²) < 4.78 is 32.0. The minimum Gasteiger partial charge on any atom is -0.494 e. The molecule has 0 unspecified atom stereocenters. The predicted molar refractivity (Wildman–Crippen MR) is 150 cm³/mol. The molecule has 0 aliphatic heterocycles. The molecule has 0 aliphatic rings. The number of halogens is 1. The Morgan fingerprint density at radius 1 is 0.947 bits per heavy atom. The van der Waals surface area contributed by atoms with E-state index in [-0.39, 0.29) is 18.9 Å². The lowest BCUT2D eigenvalue weighted by Gasteiger charge is -2.33. The maximum Gasteiger partial charge on any atom is 0.244 e. The lowest BCUT2D eigenvalue weighted by Crippen LogP contribution is -2.52. The number of anilines is 1. The number of ether oxygens (including phenoxy) is 1. The van der Waals surface area contributed by atoms with Crippen molar-refractivity contribution in [3.05, 3.63) is 95.0 Å². The number of rotatable bonds is 12. The van der Waals surface area contributed by atoms with Gasteiger partial charge in [0.2, 0.25) is 21.8 Å². The molecular weight excluding hydrogens is 526 g/mol. The summed E-state index contributed by atoms with van der Waals surface area (Å²) in [5, 5.41) is 3.19. The van der Waals surface area contributed by atoms with E-state index < -0.39 is 28.5 Å². The first-order valence-corrected chi connectivity index (χ1v) is 14.3. The van der Waals surface area contributed by atoms with Crippen LogP contribution in [0.25, 0.3) is 0 Å². The molecule has 1 N–H and O–H groups in total. The lowest BCUT2D eigenvalue weighted by atomic mass is 10.0. The summed E-state index contributed by atoms with van der Waals surface area (Å²) in [6, 6.07) is 21.9. The summed E-state index contributed by atoms with van der Waals surface area (Å²) in [5.74, 6) is -0.296. The second-order valence-electron chi connectivity index (χ2n) is 8.66. The zero-order valence-electron chi connectivity index (χ0n) is 21.6. The van der Waals surface area contributed by atoms with Crippen LogP contribution in [-0.4, -0.2) is 57.6 Å². The third-order valence-electron chi connectivity index (χ3n) is 5.90. The zero-order valence-corrected chi connectivity index (χ0v) is 23.2. The molecule has 0 saturated carbocycles. The van der Waals surface area contributed by atoms with Crippen LogP contribution < -0.4 is 14.4 Å². The van der Waals surface area contributed by atoms with Gasteiger partial charge in [-0.1, -0.05) is 54.1 Å². The quantitative estimate of drug-likeness (QED) is 0.364. The van der Waals surface area contributed by atoms with Crippen LogP contribution in [0.15, 0.2) is 78.9 Å². The first kappa shape index (κ1) is 29.0. The van der Waals surface area contributed by atoms with E-state index in [2.05, 4.69) is 5.32 Å². The summed E-state index contributed by atoms with van der Waals surface area (Å²) in [7, 11) is -2.33. The van der Waals surface area contributed by atoms with Gasteiger partial charge in [-0.25, -0.2) is 8.42 Å². The third-order valence-corrected chi connectivity index (χ3v) is 7.29. The van der Waals surface area contributed by atoms with Crippen LogP contribution in [0.4, 0.5) is 5.69 Å². The van der Waals surface area contributed by atoms with Gasteiger partial charge >= 0.3 is 0 Å². The molecule has 0 heterocycles. The van der Waals surface area contributed by atoms with Gasteiger partial charge in [0.1, 0.15) is 18.3 Å². The summed E-state index contributed by atoms with van der Waals surface area (Å²) >= 11 is 6.04. The van der Waals surface area contributed by atoms with Gasteiger partial charge in [0, 0.05) is 25.0 Å². The van der Waals surface area contributed by atoms with E-state index in [1.165, 1.54) is 11.9 Å². The van der Waals surface area contributed by atoms with E-state index in [1.807, 2.05) is 37.3 Å². The molecule has 3 rings (SSSR count). The Kier molecular flexibility index (Phi) is 10.2. The van der Waals surface area contributed by atoms with Crippen LogP contribution in [0.5, 0.6) is 5.75 Å². The van der Waals surface area contributed by atoms with Crippen molar-refractivity contribution in [1.82, 2.24) is 10.2 Å². The Bertz CT molecular complexity index is 1320. The topological polar surface area (TPSA) is 96.0 Å². The number of sulfonamides is 1. The molecule has 202 valence electrons. The molecule has 0 radical (unpaired) electrons. The highest BCUT2D eigenvalue weighted by atomic mass is 35.5. The molecule has 8 nitrogen and oxygen atoms in total. The van der Waals surface area contributed by atoms with E-state index in [1.54, 1.807) is 48.5 Å². The molecule has 0 fully saturated rings. The van der Waals surface area contributed by atoms with Gasteiger partial charge in [0.25, 0.3) is 0 Å². The van der Waals surface area contributed by atoms with Crippen LogP contribution in [0.3, 0.4) is 0 Å². The van der Waals surface area contributed by atoms with Gasteiger partial charge < -0.3 is 15.0 Å². The van der Waals surface area contributed by atoms with Crippen LogP contribution in [0.2, 0.25) is 5.02 Å². The van der Waals surface area contributed by atoms with Crippen LogP contribution in [0, 0.1) is 0 Å². The number of amides is 2. The predicted octanol–water partition coefficient (Wildman–Crippen LogP) is 3.89. The van der Waals surface area contributed by atoms with Crippen molar-refractivity contribution in [3.63, 3.8) is 0 Å². The van der Waals surface area contributed by atoms with E-state index in [0.29, 0.717) is 23.1 Å². The molecule has 0 bridgehead atoms. The van der Waals surface area contributed by atoms with Gasteiger partial charge in [-0.3, -0.25) is 13.9 Å². The van der Waals surface area contributed by atoms with Gasteiger partial charge in [0.05, 0.1) is 18.6 Å². The Hall–Kier alpha value is -3.56. The lowest BCUT2D eigenvalue weighted by molar-refractivity contribution is -0.139. The number of carbonyl (C=O) groups excluding carboxylic acids is 2. The molecule has 3 aromatic rings. The van der Waals surface area contributed by atoms with E-state index >= 15 is 0 Å². The molecule has 3 aromatic carbocycles. The highest BCUT2D eigenvalue weighted by Gasteiger charge is 2.32. The summed E-state index contributed by atoms with van der Waals surface area (Å²) in [6.07, 6.45) is 1.29. The standard InChI is InChI=1S/C28H32ClN3O5S/c1-4-37-25-16-14-24(15-17-25)32(38(3,35)36)20-27(33)31(19-22-10-12-23(29)13-11-22)26(28(34)30-2)18-21-8-6-5-7-9-21/h5-17,26H,4,18-20H2,1-3H3,(H,30,34)/t26-/m0/s1. The van der Waals surface area contributed by atoms with Crippen molar-refractivity contribution >= 4 is 39.1 Å². The molecule has 2 amide bonds. The molecule has 1 atom stereocenters. The first-order valence-electron chi connectivity index (χ1n) is 12.1. The minimum absolute atomic E-state index is 0.0851. The minimum atomic E-state index is -3.83. The Morgan fingerprint density at radius 2 is 1.58 bits per heavy atom. The van der Waals surface area contributed by atoms with Crippen LogP contribution in [0.1, 0.15) is 18.1 Å². The SMILES string of the molecule is CCOc1ccc(N(CC(=O)N(Cc2ccc(Cl)cc2)[C@@H](Cc2ccccc2)C(=O)NC)S(C)(=O)=O)cc1. The fourth-order valence-electron chi connectivity index (χ4n) is 4.00. The van der Waals surface area contributed by atoms with Crippen LogP contribution in [-0.2, 0) is 32.6 Å². The molecule has 10 heteroatoms. The van der Waals surface area contributed by atoms with Gasteiger partial charge in [0.15, 0.2) is 0 Å². The molecular formula is C28H32ClN3O5S. The van der Waals surface area contributed by atoms with Crippen molar-refractivity contribution in [2.75, 3.05) is 30.8 Å². The highest BCUT2D eigenvalue weighted by Crippen LogP contribution is 2.23. The maximum absolute atomic E-state index is 13.9. The van der Waals surface area contributed by atoms with Crippen molar-refractivity contribution in [1.29, 1.82) is 0 Å². The molecule has 0 aromatic heterocycles. The number of benzene rings is 3. The molecule has 0 aliphatic carbocycles. The second-order valence-corrected chi connectivity index (χ2v) is 11.0. The number of hydrogen-bond donors (Lipinski definition) is 1. The third kappa shape index (κ3) is 7.97. The Balaban J connectivity index is 1.99. The monoisotopic (exact) mass is 557 g/mol. The fourth-order valence-corrected chi connectivity index (χ4v) is 4.97. The maximum atomic E-state index is 13.9. The summed E-state index contributed by atoms with van der Waals surface area (Å²) in [5.41, 5.74) is 1.92. The first-order chi connectivity index (χ1) is 18.1. The van der Waals surface area contributed by atoms with Gasteiger partial charge in [-0.15, -0.1) is 0 Å². The average molecular weight is 558 g/mol. The number of likely N-dealkylation sites (N-methyl/N-ethyl adjacent to an activating group) is 1. The number of carbonyl (C=O) groups is 2. The van der Waals surface area contributed by atoms with Gasteiger partial charge in [-0.05, 0) is 54.4 Å². The summed E-state index contributed by atoms with van der Waals surface area (Å²) in [4.78, 5) is 28.4. The van der Waals surface area contributed by atoms with Crippen molar-refractivity contribution < 1.29 is 22.7 Å². The Labute approximate surface area is 229 Å². The average Bonchev–Trinajstić information content (AvgIpc) is 2.90. The van der Waals surface area contributed by atoms with E-state index in [0.717, 1.165) is 21.7 Å². The molecule has 38 heavy (non-hydrogen) atoms. The van der Waals surface area contributed by atoms with E-state index in [9.17, 15) is 18.0 Å². The molecule has 0 spiro atoms. The number of nitrogens with one attached hydrogen (secondary N) is 1. The number of nitrogens with zero attached hydrogens (tertiary/aromatic N) is 2.